The lowest BCUT2D eigenvalue weighted by atomic mass is 10.1. The number of nitrogens with one attached hydrogen (secondary N) is 2. The van der Waals surface area contributed by atoms with Crippen molar-refractivity contribution in [1.82, 2.24) is 10.3 Å². The molecule has 0 amide bonds. The number of benzene rings is 1. The molecule has 0 atom stereocenters. The van der Waals surface area contributed by atoms with E-state index in [1.165, 1.54) is 22.0 Å². The molecular weight excluding hydrogens is 232 g/mol. The van der Waals surface area contributed by atoms with Crippen LogP contribution in [0, 0.1) is 6.92 Å². The first-order valence-electron chi connectivity index (χ1n) is 6.79. The van der Waals surface area contributed by atoms with Crippen LogP contribution in [0.4, 0.5) is 0 Å². The predicted molar refractivity (Wildman–Crippen MR) is 83.3 cm³/mol. The molecule has 0 aliphatic heterocycles. The molecule has 100 valence electrons. The number of aromatic amines is 1. The van der Waals surface area contributed by atoms with Gasteiger partial charge in [0, 0.05) is 29.3 Å². The van der Waals surface area contributed by atoms with Gasteiger partial charge in [-0.25, -0.2) is 0 Å². The second-order valence-electron chi connectivity index (χ2n) is 4.98. The summed E-state index contributed by atoms with van der Waals surface area (Å²) in [5.74, 6) is 0. The number of aryl methyl sites for hydroxylation is 1. The molecule has 2 N–H and O–H groups in total. The molecule has 2 heteroatoms. The van der Waals surface area contributed by atoms with Crippen molar-refractivity contribution in [3.05, 3.63) is 60.0 Å². The number of rotatable bonds is 6. The lowest BCUT2D eigenvalue weighted by Gasteiger charge is -2.10. The summed E-state index contributed by atoms with van der Waals surface area (Å²) >= 11 is 0. The Bertz CT molecular complexity index is 605. The van der Waals surface area contributed by atoms with Gasteiger partial charge < -0.3 is 10.3 Å². The van der Waals surface area contributed by atoms with Crippen molar-refractivity contribution < 1.29 is 0 Å². The van der Waals surface area contributed by atoms with Crippen molar-refractivity contribution >= 4 is 10.9 Å². The average Bonchev–Trinajstić information content (AvgIpc) is 2.80. The molecule has 2 rings (SSSR count). The lowest BCUT2D eigenvalue weighted by Crippen LogP contribution is -2.16. The molecule has 0 spiro atoms. The van der Waals surface area contributed by atoms with Gasteiger partial charge in [-0.15, -0.1) is 0 Å². The molecule has 2 nitrogen and oxygen atoms in total. The Labute approximate surface area is 115 Å². The fourth-order valence-corrected chi connectivity index (χ4v) is 2.19. The van der Waals surface area contributed by atoms with Crippen LogP contribution < -0.4 is 5.32 Å². The van der Waals surface area contributed by atoms with Crippen molar-refractivity contribution in [2.75, 3.05) is 6.54 Å². The van der Waals surface area contributed by atoms with Crippen LogP contribution in [0.15, 0.2) is 48.8 Å². The Morgan fingerprint density at radius 3 is 2.84 bits per heavy atom. The van der Waals surface area contributed by atoms with E-state index in [4.69, 9.17) is 0 Å². The third-order valence-corrected chi connectivity index (χ3v) is 3.51. The highest BCUT2D eigenvalue weighted by Crippen LogP contribution is 2.20. The molecular formula is C17H22N2. The zero-order chi connectivity index (χ0) is 13.8. The summed E-state index contributed by atoms with van der Waals surface area (Å²) in [4.78, 5) is 3.32. The van der Waals surface area contributed by atoms with Gasteiger partial charge in [-0.05, 0) is 43.0 Å². The van der Waals surface area contributed by atoms with Gasteiger partial charge in [0.25, 0.3) is 0 Å². The van der Waals surface area contributed by atoms with E-state index in [2.05, 4.69) is 61.7 Å². The van der Waals surface area contributed by atoms with Crippen molar-refractivity contribution in [2.45, 2.75) is 26.7 Å². The average molecular weight is 254 g/mol. The predicted octanol–water partition coefficient (Wildman–Crippen LogP) is 4.09. The van der Waals surface area contributed by atoms with Gasteiger partial charge in [0.1, 0.15) is 0 Å². The Morgan fingerprint density at radius 1 is 1.32 bits per heavy atom. The molecule has 0 fully saturated rings. The van der Waals surface area contributed by atoms with Gasteiger partial charge in [-0.2, -0.15) is 0 Å². The third-order valence-electron chi connectivity index (χ3n) is 3.51. The smallest absolute Gasteiger partial charge is 0.0456 e. The molecule has 0 radical (unpaired) electrons. The van der Waals surface area contributed by atoms with E-state index in [0.717, 1.165) is 30.7 Å². The first kappa shape index (κ1) is 13.5. The zero-order valence-electron chi connectivity index (χ0n) is 11.8. The lowest BCUT2D eigenvalue weighted by molar-refractivity contribution is 0.792. The minimum Gasteiger partial charge on any atom is -0.385 e. The highest BCUT2D eigenvalue weighted by molar-refractivity contribution is 5.83. The van der Waals surface area contributed by atoms with Crippen LogP contribution in [0.3, 0.4) is 0 Å². The maximum Gasteiger partial charge on any atom is 0.0456 e. The molecule has 0 saturated heterocycles. The van der Waals surface area contributed by atoms with E-state index in [0.29, 0.717) is 0 Å². The van der Waals surface area contributed by atoms with E-state index in [9.17, 15) is 0 Å². The molecule has 0 unspecified atom stereocenters. The molecule has 2 aromatic rings. The summed E-state index contributed by atoms with van der Waals surface area (Å²) in [6.07, 6.45) is 4.03. The second kappa shape index (κ2) is 5.79. The van der Waals surface area contributed by atoms with Crippen LogP contribution in [0.2, 0.25) is 0 Å². The van der Waals surface area contributed by atoms with E-state index >= 15 is 0 Å². The number of H-pyrrole nitrogens is 1. The van der Waals surface area contributed by atoms with Gasteiger partial charge in [-0.3, -0.25) is 0 Å². The Balaban J connectivity index is 2.00. The summed E-state index contributed by atoms with van der Waals surface area (Å²) in [6.45, 7) is 13.1. The van der Waals surface area contributed by atoms with Crippen molar-refractivity contribution in [1.29, 1.82) is 0 Å². The summed E-state index contributed by atoms with van der Waals surface area (Å²) in [5, 5.41) is 4.66. The number of allylic oxidation sites excluding steroid dienone is 1. The molecule has 0 aliphatic rings. The van der Waals surface area contributed by atoms with Crippen molar-refractivity contribution in [3.8, 4) is 0 Å². The second-order valence-corrected chi connectivity index (χ2v) is 4.98. The number of hydrogen-bond donors (Lipinski definition) is 2. The number of fused-ring (bicyclic) bond motifs is 1. The minimum absolute atomic E-state index is 0.888. The van der Waals surface area contributed by atoms with Gasteiger partial charge in [-0.1, -0.05) is 31.7 Å². The van der Waals surface area contributed by atoms with Gasteiger partial charge >= 0.3 is 0 Å². The Hall–Kier alpha value is -1.96. The minimum atomic E-state index is 0.888. The molecule has 1 aromatic carbocycles. The summed E-state index contributed by atoms with van der Waals surface area (Å²) in [7, 11) is 0. The quantitative estimate of drug-likeness (QED) is 0.747. The number of aromatic nitrogens is 1. The fourth-order valence-electron chi connectivity index (χ4n) is 2.19. The summed E-state index contributed by atoms with van der Waals surface area (Å²) < 4.78 is 0. The Kier molecular flexibility index (Phi) is 4.10. The molecule has 0 saturated carbocycles. The van der Waals surface area contributed by atoms with Gasteiger partial charge in [0.05, 0.1) is 0 Å². The monoisotopic (exact) mass is 254 g/mol. The Morgan fingerprint density at radius 2 is 2.11 bits per heavy atom. The molecule has 1 heterocycles. The standard InChI is InChI=1S/C17H22N2/c1-5-13(3)14(4)18-9-8-15-11-19-17-7-6-12(2)10-16(15)17/h6-7,10-11,18-19H,3-5,8-9H2,1-2H3. The van der Waals surface area contributed by atoms with E-state index in [1.807, 2.05) is 0 Å². The SMILES string of the molecule is C=C(CC)C(=C)NCCc1c[nH]c2ccc(C)cc12. The summed E-state index contributed by atoms with van der Waals surface area (Å²) in [5.41, 5.74) is 5.89. The van der Waals surface area contributed by atoms with Crippen molar-refractivity contribution in [3.63, 3.8) is 0 Å². The number of hydrogen-bond acceptors (Lipinski definition) is 1. The van der Waals surface area contributed by atoms with Crippen LogP contribution >= 0.6 is 0 Å². The molecule has 0 bridgehead atoms. The maximum atomic E-state index is 4.00. The summed E-state index contributed by atoms with van der Waals surface area (Å²) in [6, 6.07) is 6.51. The third kappa shape index (κ3) is 3.08. The first-order chi connectivity index (χ1) is 9.11. The van der Waals surface area contributed by atoms with E-state index in [-0.39, 0.29) is 0 Å². The zero-order valence-corrected chi connectivity index (χ0v) is 11.8. The maximum absolute atomic E-state index is 4.00. The van der Waals surface area contributed by atoms with Crippen LogP contribution in [-0.2, 0) is 6.42 Å². The van der Waals surface area contributed by atoms with E-state index in [1.54, 1.807) is 0 Å². The highest BCUT2D eigenvalue weighted by Gasteiger charge is 2.04. The first-order valence-corrected chi connectivity index (χ1v) is 6.79. The van der Waals surface area contributed by atoms with Gasteiger partial charge in [0.2, 0.25) is 0 Å². The largest absolute Gasteiger partial charge is 0.385 e. The van der Waals surface area contributed by atoms with Crippen LogP contribution in [0.25, 0.3) is 10.9 Å². The fraction of sp³-hybridized carbons (Fsp3) is 0.294. The topological polar surface area (TPSA) is 27.8 Å². The highest BCUT2D eigenvalue weighted by atomic mass is 14.9. The molecule has 19 heavy (non-hydrogen) atoms. The van der Waals surface area contributed by atoms with Crippen LogP contribution in [0.1, 0.15) is 24.5 Å². The van der Waals surface area contributed by atoms with Crippen molar-refractivity contribution in [2.24, 2.45) is 0 Å². The molecule has 1 aromatic heterocycles. The van der Waals surface area contributed by atoms with E-state index < -0.39 is 0 Å². The molecule has 0 aliphatic carbocycles. The van der Waals surface area contributed by atoms with Crippen LogP contribution in [-0.4, -0.2) is 11.5 Å². The van der Waals surface area contributed by atoms with Crippen LogP contribution in [0.5, 0.6) is 0 Å². The van der Waals surface area contributed by atoms with Gasteiger partial charge in [0.15, 0.2) is 0 Å². The normalized spacial score (nSPS) is 10.6.